The molecule has 0 heterocycles. The van der Waals surface area contributed by atoms with Crippen molar-refractivity contribution in [1.29, 1.82) is 0 Å². The lowest BCUT2D eigenvalue weighted by Gasteiger charge is -2.22. The van der Waals surface area contributed by atoms with Crippen molar-refractivity contribution in [3.63, 3.8) is 0 Å². The molecule has 0 aliphatic heterocycles. The maximum atomic E-state index is 11.7. The van der Waals surface area contributed by atoms with Crippen LogP contribution in [0.4, 0.5) is 0 Å². The van der Waals surface area contributed by atoms with Gasteiger partial charge in [0.25, 0.3) is 0 Å². The Morgan fingerprint density at radius 2 is 1.94 bits per heavy atom. The number of nitrogens with zero attached hydrogens (tertiary/aromatic N) is 1. The van der Waals surface area contributed by atoms with Gasteiger partial charge in [0, 0.05) is 11.0 Å². The summed E-state index contributed by atoms with van der Waals surface area (Å²) in [6.45, 7) is 6.62. The van der Waals surface area contributed by atoms with Gasteiger partial charge in [0.05, 0.1) is 6.54 Å². The van der Waals surface area contributed by atoms with E-state index in [1.54, 1.807) is 0 Å². The van der Waals surface area contributed by atoms with E-state index in [-0.39, 0.29) is 5.97 Å². The van der Waals surface area contributed by atoms with Crippen LogP contribution in [-0.4, -0.2) is 30.1 Å². The zero-order chi connectivity index (χ0) is 13.8. The summed E-state index contributed by atoms with van der Waals surface area (Å²) in [6, 6.07) is 8.00. The molecule has 3 nitrogen and oxygen atoms in total. The average molecular weight is 314 g/mol. The van der Waals surface area contributed by atoms with E-state index in [0.717, 1.165) is 10.0 Å². The molecule has 0 saturated carbocycles. The normalized spacial score (nSPS) is 11.7. The Bertz CT molecular complexity index is 413. The Morgan fingerprint density at radius 1 is 1.33 bits per heavy atom. The standard InChI is InChI=1S/C14H20BrNO2/c1-14(2,3)18-13(17)10-16(4)9-11-7-5-6-8-12(11)15/h5-8H,9-10H2,1-4H3. The molecule has 100 valence electrons. The number of ether oxygens (including phenoxy) is 1. The van der Waals surface area contributed by atoms with Crippen molar-refractivity contribution in [1.82, 2.24) is 4.90 Å². The molecule has 1 rings (SSSR count). The number of carbonyl (C=O) groups is 1. The highest BCUT2D eigenvalue weighted by molar-refractivity contribution is 9.10. The predicted molar refractivity (Wildman–Crippen MR) is 76.3 cm³/mol. The van der Waals surface area contributed by atoms with Crippen LogP contribution in [0, 0.1) is 0 Å². The molecular formula is C14H20BrNO2. The Kier molecular flexibility index (Phi) is 5.35. The van der Waals surface area contributed by atoms with Gasteiger partial charge in [-0.1, -0.05) is 34.1 Å². The lowest BCUT2D eigenvalue weighted by molar-refractivity contribution is -0.155. The van der Waals surface area contributed by atoms with E-state index < -0.39 is 5.60 Å². The van der Waals surface area contributed by atoms with Gasteiger partial charge in [0.1, 0.15) is 5.60 Å². The van der Waals surface area contributed by atoms with Crippen molar-refractivity contribution in [3.8, 4) is 0 Å². The van der Waals surface area contributed by atoms with Crippen LogP contribution < -0.4 is 0 Å². The SMILES string of the molecule is CN(CC(=O)OC(C)(C)C)Cc1ccccc1Br. The number of rotatable bonds is 4. The summed E-state index contributed by atoms with van der Waals surface area (Å²) < 4.78 is 6.34. The first-order chi connectivity index (χ1) is 8.28. The van der Waals surface area contributed by atoms with E-state index >= 15 is 0 Å². The predicted octanol–water partition coefficient (Wildman–Crippen LogP) is 3.22. The highest BCUT2D eigenvalue weighted by atomic mass is 79.9. The van der Waals surface area contributed by atoms with E-state index in [1.807, 2.05) is 57.0 Å². The third-order valence-corrected chi connectivity index (χ3v) is 2.99. The number of hydrogen-bond acceptors (Lipinski definition) is 3. The van der Waals surface area contributed by atoms with Crippen LogP contribution in [0.15, 0.2) is 28.7 Å². The molecule has 1 aromatic rings. The summed E-state index contributed by atoms with van der Waals surface area (Å²) in [5.74, 6) is -0.197. The second kappa shape index (κ2) is 6.34. The number of halogens is 1. The maximum Gasteiger partial charge on any atom is 0.320 e. The summed E-state index contributed by atoms with van der Waals surface area (Å²) in [4.78, 5) is 13.6. The first-order valence-electron chi connectivity index (χ1n) is 5.92. The molecule has 0 aromatic heterocycles. The lowest BCUT2D eigenvalue weighted by Crippen LogP contribution is -2.32. The summed E-state index contributed by atoms with van der Waals surface area (Å²) >= 11 is 3.50. The van der Waals surface area contributed by atoms with Crippen LogP contribution >= 0.6 is 15.9 Å². The van der Waals surface area contributed by atoms with Crippen molar-refractivity contribution in [2.45, 2.75) is 32.9 Å². The number of benzene rings is 1. The van der Waals surface area contributed by atoms with Crippen molar-refractivity contribution in [2.24, 2.45) is 0 Å². The van der Waals surface area contributed by atoms with Gasteiger partial charge in [-0.2, -0.15) is 0 Å². The molecule has 0 spiro atoms. The van der Waals surface area contributed by atoms with Crippen LogP contribution in [-0.2, 0) is 16.1 Å². The highest BCUT2D eigenvalue weighted by Gasteiger charge is 2.17. The van der Waals surface area contributed by atoms with Gasteiger partial charge in [-0.05, 0) is 39.4 Å². The molecule has 0 saturated heterocycles. The van der Waals surface area contributed by atoms with Crippen LogP contribution in [0.2, 0.25) is 0 Å². The smallest absolute Gasteiger partial charge is 0.320 e. The lowest BCUT2D eigenvalue weighted by atomic mass is 10.2. The van der Waals surface area contributed by atoms with Gasteiger partial charge >= 0.3 is 5.97 Å². The molecule has 0 unspecified atom stereocenters. The fourth-order valence-electron chi connectivity index (χ4n) is 1.57. The number of esters is 1. The minimum absolute atomic E-state index is 0.197. The summed E-state index contributed by atoms with van der Waals surface area (Å²) in [5.41, 5.74) is 0.731. The molecule has 0 atom stereocenters. The second-order valence-corrected chi connectivity index (χ2v) is 6.20. The summed E-state index contributed by atoms with van der Waals surface area (Å²) in [6.07, 6.45) is 0. The van der Waals surface area contributed by atoms with E-state index in [1.165, 1.54) is 0 Å². The van der Waals surface area contributed by atoms with E-state index in [2.05, 4.69) is 15.9 Å². The van der Waals surface area contributed by atoms with Crippen LogP contribution in [0.25, 0.3) is 0 Å². The van der Waals surface area contributed by atoms with Gasteiger partial charge in [-0.25, -0.2) is 0 Å². The topological polar surface area (TPSA) is 29.5 Å². The third-order valence-electron chi connectivity index (χ3n) is 2.22. The average Bonchev–Trinajstić information content (AvgIpc) is 2.18. The Labute approximate surface area is 117 Å². The molecule has 1 aromatic carbocycles. The summed E-state index contributed by atoms with van der Waals surface area (Å²) in [5, 5.41) is 0. The van der Waals surface area contributed by atoms with Crippen LogP contribution in [0.1, 0.15) is 26.3 Å². The molecule has 0 aliphatic carbocycles. The monoisotopic (exact) mass is 313 g/mol. The maximum absolute atomic E-state index is 11.7. The van der Waals surface area contributed by atoms with Crippen molar-refractivity contribution >= 4 is 21.9 Å². The molecular weight excluding hydrogens is 294 g/mol. The first kappa shape index (κ1) is 15.2. The molecule has 18 heavy (non-hydrogen) atoms. The molecule has 0 N–H and O–H groups in total. The van der Waals surface area contributed by atoms with E-state index in [4.69, 9.17) is 4.74 Å². The minimum Gasteiger partial charge on any atom is -0.459 e. The quantitative estimate of drug-likeness (QED) is 0.799. The van der Waals surface area contributed by atoms with Crippen molar-refractivity contribution < 1.29 is 9.53 Å². The molecule has 4 heteroatoms. The molecule has 0 bridgehead atoms. The zero-order valence-electron chi connectivity index (χ0n) is 11.4. The van der Waals surface area contributed by atoms with Crippen LogP contribution in [0.3, 0.4) is 0 Å². The fourth-order valence-corrected chi connectivity index (χ4v) is 1.98. The van der Waals surface area contributed by atoms with E-state index in [0.29, 0.717) is 13.1 Å². The molecule has 0 fully saturated rings. The zero-order valence-corrected chi connectivity index (χ0v) is 13.0. The van der Waals surface area contributed by atoms with Gasteiger partial charge in [0.15, 0.2) is 0 Å². The van der Waals surface area contributed by atoms with Gasteiger partial charge < -0.3 is 4.74 Å². The minimum atomic E-state index is -0.425. The van der Waals surface area contributed by atoms with Crippen molar-refractivity contribution in [2.75, 3.05) is 13.6 Å². The van der Waals surface area contributed by atoms with Crippen LogP contribution in [0.5, 0.6) is 0 Å². The Morgan fingerprint density at radius 3 is 2.50 bits per heavy atom. The third kappa shape index (κ3) is 5.65. The largest absolute Gasteiger partial charge is 0.459 e. The number of likely N-dealkylation sites (N-methyl/N-ethyl adjacent to an activating group) is 1. The summed E-state index contributed by atoms with van der Waals surface area (Å²) in [7, 11) is 1.91. The Hall–Kier alpha value is -0.870. The Balaban J connectivity index is 2.50. The van der Waals surface area contributed by atoms with Gasteiger partial charge in [-0.3, -0.25) is 9.69 Å². The number of carbonyl (C=O) groups excluding carboxylic acids is 1. The van der Waals surface area contributed by atoms with Gasteiger partial charge in [-0.15, -0.1) is 0 Å². The van der Waals surface area contributed by atoms with Gasteiger partial charge in [0.2, 0.25) is 0 Å². The molecule has 0 amide bonds. The van der Waals surface area contributed by atoms with E-state index in [9.17, 15) is 4.79 Å². The highest BCUT2D eigenvalue weighted by Crippen LogP contribution is 2.17. The van der Waals surface area contributed by atoms with Crippen molar-refractivity contribution in [3.05, 3.63) is 34.3 Å². The number of hydrogen-bond donors (Lipinski definition) is 0. The second-order valence-electron chi connectivity index (χ2n) is 5.35. The first-order valence-corrected chi connectivity index (χ1v) is 6.71. The molecule has 0 radical (unpaired) electrons. The fraction of sp³-hybridized carbons (Fsp3) is 0.500. The molecule has 0 aliphatic rings.